The molecule has 0 aromatic carbocycles. The van der Waals surface area contributed by atoms with Gasteiger partial charge in [-0.2, -0.15) is 0 Å². The van der Waals surface area contributed by atoms with E-state index in [1.54, 1.807) is 4.31 Å². The smallest absolute Gasteiger partial charge is 0.214 e. The zero-order valence-corrected chi connectivity index (χ0v) is 12.0. The van der Waals surface area contributed by atoms with E-state index in [-0.39, 0.29) is 5.75 Å². The molecule has 0 unspecified atom stereocenters. The van der Waals surface area contributed by atoms with Crippen LogP contribution in [0.2, 0.25) is 0 Å². The Bertz CT molecular complexity index is 308. The van der Waals surface area contributed by atoms with Crippen LogP contribution in [0.15, 0.2) is 0 Å². The molecule has 1 aliphatic heterocycles. The maximum atomic E-state index is 12.0. The summed E-state index contributed by atoms with van der Waals surface area (Å²) in [6.45, 7) is 6.42. The van der Waals surface area contributed by atoms with Crippen molar-refractivity contribution in [3.8, 4) is 0 Å². The Hall–Kier alpha value is -0.130. The zero-order valence-electron chi connectivity index (χ0n) is 11.2. The lowest BCUT2D eigenvalue weighted by atomic mass is 10.2. The van der Waals surface area contributed by atoms with E-state index < -0.39 is 10.0 Å². The minimum absolute atomic E-state index is 0.282. The van der Waals surface area contributed by atoms with Gasteiger partial charge in [0, 0.05) is 19.1 Å². The van der Waals surface area contributed by atoms with Crippen molar-refractivity contribution in [1.29, 1.82) is 0 Å². The van der Waals surface area contributed by atoms with E-state index in [0.29, 0.717) is 19.1 Å². The fourth-order valence-corrected chi connectivity index (χ4v) is 3.41. The van der Waals surface area contributed by atoms with Crippen LogP contribution in [0.3, 0.4) is 0 Å². The van der Waals surface area contributed by atoms with Crippen LogP contribution in [0.25, 0.3) is 0 Å². The molecule has 0 aromatic rings. The molecule has 4 nitrogen and oxygen atoms in total. The summed E-state index contributed by atoms with van der Waals surface area (Å²) in [5, 5.41) is 0. The van der Waals surface area contributed by atoms with Gasteiger partial charge in [-0.15, -0.1) is 0 Å². The van der Waals surface area contributed by atoms with Gasteiger partial charge in [-0.1, -0.05) is 0 Å². The Labute approximate surface area is 106 Å². The van der Waals surface area contributed by atoms with Crippen LogP contribution in [0.5, 0.6) is 0 Å². The summed E-state index contributed by atoms with van der Waals surface area (Å²) >= 11 is 0. The van der Waals surface area contributed by atoms with E-state index >= 15 is 0 Å². The van der Waals surface area contributed by atoms with E-state index in [1.165, 1.54) is 0 Å². The highest BCUT2D eigenvalue weighted by molar-refractivity contribution is 7.89. The van der Waals surface area contributed by atoms with Gasteiger partial charge >= 0.3 is 0 Å². The Morgan fingerprint density at radius 1 is 1.29 bits per heavy atom. The van der Waals surface area contributed by atoms with E-state index in [2.05, 4.69) is 25.2 Å². The molecule has 1 saturated heterocycles. The highest BCUT2D eigenvalue weighted by Gasteiger charge is 2.23. The van der Waals surface area contributed by atoms with Crippen LogP contribution in [-0.4, -0.2) is 56.1 Å². The van der Waals surface area contributed by atoms with Gasteiger partial charge in [-0.05, 0) is 53.1 Å². The molecular weight excluding hydrogens is 236 g/mol. The van der Waals surface area contributed by atoms with Crippen LogP contribution < -0.4 is 0 Å². The van der Waals surface area contributed by atoms with Crippen LogP contribution in [0.1, 0.15) is 33.1 Å². The average Bonchev–Trinajstić information content (AvgIpc) is 2.29. The van der Waals surface area contributed by atoms with Crippen molar-refractivity contribution >= 4 is 10.0 Å². The fourth-order valence-electron chi connectivity index (χ4n) is 1.89. The van der Waals surface area contributed by atoms with Gasteiger partial charge in [0.25, 0.3) is 0 Å². The summed E-state index contributed by atoms with van der Waals surface area (Å²) in [5.41, 5.74) is 0. The number of hydrogen-bond donors (Lipinski definition) is 0. The summed E-state index contributed by atoms with van der Waals surface area (Å²) in [6, 6.07) is 0.474. The minimum Gasteiger partial charge on any atom is -0.304 e. The molecule has 0 bridgehead atoms. The van der Waals surface area contributed by atoms with E-state index in [4.69, 9.17) is 0 Å². The van der Waals surface area contributed by atoms with Gasteiger partial charge in [0.15, 0.2) is 0 Å². The van der Waals surface area contributed by atoms with Crippen molar-refractivity contribution in [3.05, 3.63) is 6.42 Å². The quantitative estimate of drug-likeness (QED) is 0.724. The monoisotopic (exact) mass is 261 g/mol. The molecule has 101 valence electrons. The first-order valence-electron chi connectivity index (χ1n) is 6.43. The van der Waals surface area contributed by atoms with E-state index in [0.717, 1.165) is 25.8 Å². The summed E-state index contributed by atoms with van der Waals surface area (Å²) in [5.74, 6) is 0.282. The van der Waals surface area contributed by atoms with Gasteiger partial charge in [0.2, 0.25) is 10.0 Å². The first-order chi connectivity index (χ1) is 7.93. The normalized spacial score (nSPS) is 19.1. The number of hydrogen-bond acceptors (Lipinski definition) is 3. The van der Waals surface area contributed by atoms with E-state index in [9.17, 15) is 8.42 Å². The molecule has 5 heteroatoms. The summed E-state index contributed by atoms with van der Waals surface area (Å²) in [6.07, 6.45) is 4.67. The molecule has 0 saturated carbocycles. The van der Waals surface area contributed by atoms with Gasteiger partial charge in [-0.25, -0.2) is 12.7 Å². The minimum atomic E-state index is -3.02. The Kier molecular flexibility index (Phi) is 5.89. The maximum Gasteiger partial charge on any atom is 0.214 e. The molecule has 0 aromatic heterocycles. The number of rotatable bonds is 6. The van der Waals surface area contributed by atoms with Gasteiger partial charge in [0.1, 0.15) is 0 Å². The number of sulfonamides is 1. The maximum absolute atomic E-state index is 12.0. The molecule has 17 heavy (non-hydrogen) atoms. The van der Waals surface area contributed by atoms with Crippen LogP contribution in [0.4, 0.5) is 0 Å². The Morgan fingerprint density at radius 3 is 2.41 bits per heavy atom. The first-order valence-corrected chi connectivity index (χ1v) is 8.04. The van der Waals surface area contributed by atoms with Crippen LogP contribution in [-0.2, 0) is 10.0 Å². The highest BCUT2D eigenvalue weighted by atomic mass is 32.2. The summed E-state index contributed by atoms with van der Waals surface area (Å²) in [7, 11) is -0.983. The van der Waals surface area contributed by atoms with Crippen molar-refractivity contribution in [2.45, 2.75) is 39.2 Å². The highest BCUT2D eigenvalue weighted by Crippen LogP contribution is 2.13. The molecular formula is C12H25N2O2S. The predicted molar refractivity (Wildman–Crippen MR) is 71.3 cm³/mol. The lowest BCUT2D eigenvalue weighted by Gasteiger charge is -2.26. The molecule has 1 heterocycles. The van der Waals surface area contributed by atoms with Gasteiger partial charge < -0.3 is 4.90 Å². The number of nitrogens with zero attached hydrogens (tertiary/aromatic N) is 2. The molecule has 0 spiro atoms. The van der Waals surface area contributed by atoms with Crippen molar-refractivity contribution in [2.75, 3.05) is 32.4 Å². The molecule has 1 rings (SSSR count). The van der Waals surface area contributed by atoms with Crippen molar-refractivity contribution in [2.24, 2.45) is 0 Å². The molecule has 0 atom stereocenters. The second-order valence-corrected chi connectivity index (χ2v) is 7.10. The van der Waals surface area contributed by atoms with Crippen LogP contribution in [0, 0.1) is 6.42 Å². The SMILES string of the molecule is CC(C)N(C)CCCS(=O)(=O)N1CC[CH]CC1. The standard InChI is InChI=1S/C12H25N2O2S/c1-12(2)13(3)8-7-11-17(15,16)14-9-5-4-6-10-14/h4,12H,5-11H2,1-3H3. The zero-order chi connectivity index (χ0) is 12.9. The first kappa shape index (κ1) is 14.9. The number of piperidine rings is 1. The Balaban J connectivity index is 2.34. The second-order valence-electron chi connectivity index (χ2n) is 5.01. The third-order valence-corrected chi connectivity index (χ3v) is 5.31. The largest absolute Gasteiger partial charge is 0.304 e. The fraction of sp³-hybridized carbons (Fsp3) is 0.917. The van der Waals surface area contributed by atoms with Crippen molar-refractivity contribution < 1.29 is 8.42 Å². The molecule has 1 aliphatic rings. The van der Waals surface area contributed by atoms with Crippen LogP contribution >= 0.6 is 0 Å². The molecule has 1 radical (unpaired) electrons. The average molecular weight is 261 g/mol. The van der Waals surface area contributed by atoms with Gasteiger partial charge in [-0.3, -0.25) is 0 Å². The molecule has 0 N–H and O–H groups in total. The molecule has 0 aliphatic carbocycles. The van der Waals surface area contributed by atoms with Crippen molar-refractivity contribution in [3.63, 3.8) is 0 Å². The second kappa shape index (κ2) is 6.71. The predicted octanol–water partition coefficient (Wildman–Crippen LogP) is 1.35. The Morgan fingerprint density at radius 2 is 1.88 bits per heavy atom. The summed E-state index contributed by atoms with van der Waals surface area (Å²) < 4.78 is 25.7. The summed E-state index contributed by atoms with van der Waals surface area (Å²) in [4.78, 5) is 2.18. The van der Waals surface area contributed by atoms with Crippen molar-refractivity contribution in [1.82, 2.24) is 9.21 Å². The lowest BCUT2D eigenvalue weighted by molar-refractivity contribution is 0.274. The molecule has 1 fully saturated rings. The topological polar surface area (TPSA) is 40.6 Å². The lowest BCUT2D eigenvalue weighted by Crippen LogP contribution is -2.38. The van der Waals surface area contributed by atoms with Gasteiger partial charge in [0.05, 0.1) is 5.75 Å². The third-order valence-electron chi connectivity index (χ3n) is 3.35. The third kappa shape index (κ3) is 4.94. The molecule has 0 amide bonds. The van der Waals surface area contributed by atoms with E-state index in [1.807, 2.05) is 7.05 Å².